The molecule has 4 rings (SSSR count). The highest BCUT2D eigenvalue weighted by Crippen LogP contribution is 2.72. The Labute approximate surface area is 138 Å². The highest BCUT2D eigenvalue weighted by molar-refractivity contribution is 5.13. The van der Waals surface area contributed by atoms with Gasteiger partial charge in [0.05, 0.1) is 0 Å². The van der Waals surface area contributed by atoms with Crippen LogP contribution in [-0.2, 0) is 0 Å². The molecule has 4 aliphatic rings. The maximum Gasteiger partial charge on any atom is -0.0235 e. The first-order valence-corrected chi connectivity index (χ1v) is 10.5. The molecule has 0 amide bonds. The van der Waals surface area contributed by atoms with E-state index in [0.29, 0.717) is 5.41 Å². The molecule has 0 bridgehead atoms. The van der Waals surface area contributed by atoms with E-state index in [-0.39, 0.29) is 0 Å². The molecule has 0 aromatic heterocycles. The topological polar surface area (TPSA) is 0 Å². The molecule has 0 heteroatoms. The molecule has 0 saturated heterocycles. The number of hydrogen-bond donors (Lipinski definition) is 0. The van der Waals surface area contributed by atoms with E-state index in [4.69, 9.17) is 0 Å². The summed E-state index contributed by atoms with van der Waals surface area (Å²) < 4.78 is 0. The highest BCUT2D eigenvalue weighted by Gasteiger charge is 2.64. The molecule has 4 fully saturated rings. The maximum atomic E-state index is 2.64. The van der Waals surface area contributed by atoms with Crippen LogP contribution >= 0.6 is 0 Å². The van der Waals surface area contributed by atoms with Crippen molar-refractivity contribution in [2.75, 3.05) is 0 Å². The summed E-state index contributed by atoms with van der Waals surface area (Å²) in [5, 5.41) is 0. The van der Waals surface area contributed by atoms with Gasteiger partial charge < -0.3 is 0 Å². The molecule has 0 aliphatic heterocycles. The normalized spacial score (nSPS) is 54.1. The summed E-state index contributed by atoms with van der Waals surface area (Å²) in [6, 6.07) is 0. The third-order valence-electron chi connectivity index (χ3n) is 9.47. The molecule has 0 aromatic carbocycles. The van der Waals surface area contributed by atoms with Crippen LogP contribution < -0.4 is 0 Å². The zero-order valence-corrected chi connectivity index (χ0v) is 15.5. The van der Waals surface area contributed by atoms with Gasteiger partial charge in [0.1, 0.15) is 0 Å². The van der Waals surface area contributed by atoms with Crippen molar-refractivity contribution < 1.29 is 0 Å². The Morgan fingerprint density at radius 3 is 2.50 bits per heavy atom. The van der Waals surface area contributed by atoms with Gasteiger partial charge in [0, 0.05) is 0 Å². The Hall–Kier alpha value is 0. The van der Waals surface area contributed by atoms with E-state index in [1.807, 2.05) is 0 Å². The van der Waals surface area contributed by atoms with Gasteiger partial charge in [-0.3, -0.25) is 0 Å². The van der Waals surface area contributed by atoms with Crippen LogP contribution in [0.15, 0.2) is 0 Å². The Balaban J connectivity index is 1.64. The molecule has 7 atom stereocenters. The van der Waals surface area contributed by atoms with Gasteiger partial charge in [0.25, 0.3) is 0 Å². The standard InChI is InChI=1S/C22H38/c1-5-19-17-9-7-12-22-14-16(22)8-6-10-20(22)18(17)11-13-21(19,4)15(2)3/h15-20H,5-14H2,1-4H3. The third-order valence-corrected chi connectivity index (χ3v) is 9.47. The Morgan fingerprint density at radius 2 is 1.77 bits per heavy atom. The van der Waals surface area contributed by atoms with Crippen molar-refractivity contribution >= 4 is 0 Å². The van der Waals surface area contributed by atoms with Crippen LogP contribution in [0, 0.1) is 46.3 Å². The summed E-state index contributed by atoms with van der Waals surface area (Å²) in [6.45, 7) is 10.1. The van der Waals surface area contributed by atoms with Crippen LogP contribution in [-0.4, -0.2) is 0 Å². The summed E-state index contributed by atoms with van der Waals surface area (Å²) >= 11 is 0. The first-order valence-electron chi connectivity index (χ1n) is 10.5. The summed E-state index contributed by atoms with van der Waals surface area (Å²) in [7, 11) is 0. The van der Waals surface area contributed by atoms with Crippen molar-refractivity contribution in [2.45, 2.75) is 91.9 Å². The van der Waals surface area contributed by atoms with Crippen LogP contribution in [0.3, 0.4) is 0 Å². The predicted molar refractivity (Wildman–Crippen MR) is 94.7 cm³/mol. The molecule has 0 N–H and O–H groups in total. The molecule has 22 heavy (non-hydrogen) atoms. The molecule has 4 aliphatic carbocycles. The Bertz CT molecular complexity index is 424. The number of hydrogen-bond acceptors (Lipinski definition) is 0. The van der Waals surface area contributed by atoms with Crippen molar-refractivity contribution in [3.63, 3.8) is 0 Å². The van der Waals surface area contributed by atoms with E-state index < -0.39 is 0 Å². The quantitative estimate of drug-likeness (QED) is 0.533. The number of rotatable bonds is 2. The lowest BCUT2D eigenvalue weighted by molar-refractivity contribution is -0.0518. The second-order valence-electron chi connectivity index (χ2n) is 10.1. The van der Waals surface area contributed by atoms with Gasteiger partial charge in [-0.05, 0) is 91.3 Å². The van der Waals surface area contributed by atoms with E-state index in [2.05, 4.69) is 27.7 Å². The van der Waals surface area contributed by atoms with Gasteiger partial charge in [-0.1, -0.05) is 47.0 Å². The molecule has 4 saturated carbocycles. The monoisotopic (exact) mass is 302 g/mol. The van der Waals surface area contributed by atoms with Crippen molar-refractivity contribution in [1.82, 2.24) is 0 Å². The minimum absolute atomic E-state index is 0.616. The second-order valence-corrected chi connectivity index (χ2v) is 10.1. The van der Waals surface area contributed by atoms with Crippen LogP contribution in [0.2, 0.25) is 0 Å². The summed E-state index contributed by atoms with van der Waals surface area (Å²) in [4.78, 5) is 0. The first-order chi connectivity index (χ1) is 10.5. The minimum atomic E-state index is 0.616. The summed E-state index contributed by atoms with van der Waals surface area (Å²) in [5.74, 6) is 6.31. The third kappa shape index (κ3) is 2.01. The van der Waals surface area contributed by atoms with Crippen LogP contribution in [0.5, 0.6) is 0 Å². The average molecular weight is 303 g/mol. The lowest BCUT2D eigenvalue weighted by Crippen LogP contribution is -2.47. The van der Waals surface area contributed by atoms with Crippen molar-refractivity contribution in [1.29, 1.82) is 0 Å². The van der Waals surface area contributed by atoms with Gasteiger partial charge in [-0.2, -0.15) is 0 Å². The van der Waals surface area contributed by atoms with Crippen LogP contribution in [0.1, 0.15) is 91.9 Å². The lowest BCUT2D eigenvalue weighted by Gasteiger charge is -2.54. The van der Waals surface area contributed by atoms with Gasteiger partial charge in [0.15, 0.2) is 0 Å². The summed E-state index contributed by atoms with van der Waals surface area (Å²) in [5.41, 5.74) is 1.48. The molecule has 1 spiro atoms. The molecule has 0 heterocycles. The fourth-order valence-electron chi connectivity index (χ4n) is 7.98. The van der Waals surface area contributed by atoms with Gasteiger partial charge in [0.2, 0.25) is 0 Å². The van der Waals surface area contributed by atoms with Crippen LogP contribution in [0.25, 0.3) is 0 Å². The van der Waals surface area contributed by atoms with Crippen molar-refractivity contribution in [2.24, 2.45) is 46.3 Å². The van der Waals surface area contributed by atoms with Gasteiger partial charge in [-0.25, -0.2) is 0 Å². The van der Waals surface area contributed by atoms with Crippen molar-refractivity contribution in [3.8, 4) is 0 Å². The summed E-state index contributed by atoms with van der Waals surface area (Å²) in [6.07, 6.45) is 15.6. The largest absolute Gasteiger partial charge is 0.0651 e. The maximum absolute atomic E-state index is 2.64. The fourth-order valence-corrected chi connectivity index (χ4v) is 7.98. The van der Waals surface area contributed by atoms with E-state index in [1.54, 1.807) is 51.4 Å². The average Bonchev–Trinajstić information content (AvgIpc) is 3.23. The van der Waals surface area contributed by atoms with E-state index in [0.717, 1.165) is 40.9 Å². The molecular formula is C22H38. The van der Waals surface area contributed by atoms with E-state index >= 15 is 0 Å². The molecule has 0 aromatic rings. The highest BCUT2D eigenvalue weighted by atomic mass is 14.7. The molecular weight excluding hydrogens is 264 g/mol. The van der Waals surface area contributed by atoms with Gasteiger partial charge >= 0.3 is 0 Å². The SMILES string of the molecule is CCC1C2CCCC34CC3CCCC4C2CCC1(C)C(C)C. The lowest BCUT2D eigenvalue weighted by atomic mass is 9.51. The van der Waals surface area contributed by atoms with E-state index in [1.165, 1.54) is 12.8 Å². The number of fused-ring (bicyclic) bond motifs is 2. The molecule has 126 valence electrons. The zero-order chi connectivity index (χ0) is 15.5. The van der Waals surface area contributed by atoms with E-state index in [9.17, 15) is 0 Å². The predicted octanol–water partition coefficient (Wildman–Crippen LogP) is 6.69. The van der Waals surface area contributed by atoms with Crippen molar-refractivity contribution in [3.05, 3.63) is 0 Å². The van der Waals surface area contributed by atoms with Crippen LogP contribution in [0.4, 0.5) is 0 Å². The molecule has 0 nitrogen and oxygen atoms in total. The Kier molecular flexibility index (Phi) is 3.70. The minimum Gasteiger partial charge on any atom is -0.0651 e. The molecule has 0 radical (unpaired) electrons. The smallest absolute Gasteiger partial charge is 0.0235 e. The zero-order valence-electron chi connectivity index (χ0n) is 15.5. The fraction of sp³-hybridized carbons (Fsp3) is 1.00. The first kappa shape index (κ1) is 15.5. The van der Waals surface area contributed by atoms with Gasteiger partial charge in [-0.15, -0.1) is 0 Å². The Morgan fingerprint density at radius 1 is 0.955 bits per heavy atom. The second kappa shape index (κ2) is 5.25. The molecule has 7 unspecified atom stereocenters.